The predicted molar refractivity (Wildman–Crippen MR) is 122 cm³/mol. The number of aryl methyl sites for hydroxylation is 2. The first-order valence-corrected chi connectivity index (χ1v) is 11.0. The highest BCUT2D eigenvalue weighted by Gasteiger charge is 2.37. The molecule has 2 aromatic carbocycles. The van der Waals surface area contributed by atoms with Crippen molar-refractivity contribution in [1.29, 1.82) is 0 Å². The van der Waals surface area contributed by atoms with Crippen LogP contribution in [0.5, 0.6) is 0 Å². The molecule has 1 aliphatic heterocycles. The topological polar surface area (TPSA) is 73.1 Å². The molecule has 176 valence electrons. The minimum Gasteiger partial charge on any atom is -0.341 e. The predicted octanol–water partition coefficient (Wildman–Crippen LogP) is 5.54. The Morgan fingerprint density at radius 3 is 2.64 bits per heavy atom. The normalized spacial score (nSPS) is 19.4. The Labute approximate surface area is 190 Å². The number of fused-ring (bicyclic) bond motifs is 1. The molecule has 0 radical (unpaired) electrons. The van der Waals surface area contributed by atoms with Crippen LogP contribution in [-0.4, -0.2) is 39.5 Å². The Balaban J connectivity index is 1.47. The number of rotatable bonds is 4. The van der Waals surface area contributed by atoms with E-state index in [1.165, 1.54) is 19.1 Å². The Bertz CT molecular complexity index is 1170. The first-order valence-electron chi connectivity index (χ1n) is 11.0. The molecule has 0 aliphatic carbocycles. The van der Waals surface area contributed by atoms with Gasteiger partial charge in [0, 0.05) is 24.3 Å². The number of carbonyl (C=O) groups excluding carboxylic acids is 1. The van der Waals surface area contributed by atoms with E-state index in [9.17, 15) is 18.0 Å². The number of amides is 2. The third-order valence-corrected chi connectivity index (χ3v) is 6.11. The van der Waals surface area contributed by atoms with Gasteiger partial charge >= 0.3 is 12.2 Å². The molecule has 33 heavy (non-hydrogen) atoms. The van der Waals surface area contributed by atoms with Gasteiger partial charge in [0.15, 0.2) is 0 Å². The van der Waals surface area contributed by atoms with E-state index >= 15 is 0 Å². The van der Waals surface area contributed by atoms with E-state index in [0.29, 0.717) is 13.0 Å². The second-order valence-corrected chi connectivity index (χ2v) is 9.01. The van der Waals surface area contributed by atoms with Gasteiger partial charge in [-0.2, -0.15) is 13.2 Å². The number of likely N-dealkylation sites (tertiary alicyclic amines) is 1. The van der Waals surface area contributed by atoms with Gasteiger partial charge in [0.2, 0.25) is 0 Å². The number of carbonyl (C=O) groups is 1. The lowest BCUT2D eigenvalue weighted by atomic mass is 10.1. The summed E-state index contributed by atoms with van der Waals surface area (Å²) in [6.07, 6.45) is -3.83. The van der Waals surface area contributed by atoms with Gasteiger partial charge in [-0.1, -0.05) is 12.1 Å². The van der Waals surface area contributed by atoms with E-state index in [-0.39, 0.29) is 29.4 Å². The number of hydrogen-bond donors (Lipinski definition) is 3. The number of urea groups is 1. The Morgan fingerprint density at radius 1 is 1.18 bits per heavy atom. The maximum absolute atomic E-state index is 13.2. The number of H-pyrrole nitrogens is 1. The molecule has 2 heterocycles. The smallest absolute Gasteiger partial charge is 0.341 e. The highest BCUT2D eigenvalue weighted by molar-refractivity contribution is 5.89. The fourth-order valence-corrected chi connectivity index (χ4v) is 4.46. The number of hydrogen-bond acceptors (Lipinski definition) is 3. The second-order valence-electron chi connectivity index (χ2n) is 9.01. The van der Waals surface area contributed by atoms with Gasteiger partial charge in [0.1, 0.15) is 5.82 Å². The zero-order valence-electron chi connectivity index (χ0n) is 19.0. The first kappa shape index (κ1) is 23.1. The van der Waals surface area contributed by atoms with Crippen molar-refractivity contribution in [3.8, 4) is 0 Å². The van der Waals surface area contributed by atoms with E-state index in [2.05, 4.69) is 40.4 Å². The fraction of sp³-hybridized carbons (Fsp3) is 0.417. The number of imidazole rings is 1. The average molecular weight is 460 g/mol. The van der Waals surface area contributed by atoms with E-state index < -0.39 is 17.8 Å². The summed E-state index contributed by atoms with van der Waals surface area (Å²) in [5, 5.41) is 5.46. The molecule has 4 rings (SSSR count). The monoisotopic (exact) mass is 459 g/mol. The largest absolute Gasteiger partial charge is 0.416 e. The lowest BCUT2D eigenvalue weighted by Gasteiger charge is -2.26. The van der Waals surface area contributed by atoms with Crippen molar-refractivity contribution in [3.63, 3.8) is 0 Å². The van der Waals surface area contributed by atoms with Crippen LogP contribution >= 0.6 is 0 Å². The molecule has 2 atom stereocenters. The van der Waals surface area contributed by atoms with Gasteiger partial charge < -0.3 is 15.6 Å². The van der Waals surface area contributed by atoms with Crippen LogP contribution in [0.3, 0.4) is 0 Å². The molecular formula is C24H28F3N5O. The fourth-order valence-electron chi connectivity index (χ4n) is 4.46. The van der Waals surface area contributed by atoms with Crippen LogP contribution in [-0.2, 0) is 6.18 Å². The van der Waals surface area contributed by atoms with Gasteiger partial charge in [-0.3, -0.25) is 4.90 Å². The number of nitrogens with one attached hydrogen (secondary N) is 3. The van der Waals surface area contributed by atoms with E-state index in [1.54, 1.807) is 0 Å². The van der Waals surface area contributed by atoms with Crippen molar-refractivity contribution in [3.05, 3.63) is 58.9 Å². The maximum Gasteiger partial charge on any atom is 0.416 e. The van der Waals surface area contributed by atoms with Crippen LogP contribution in [0.2, 0.25) is 0 Å². The first-order chi connectivity index (χ1) is 15.5. The van der Waals surface area contributed by atoms with Crippen molar-refractivity contribution < 1.29 is 18.0 Å². The Morgan fingerprint density at radius 2 is 1.94 bits per heavy atom. The summed E-state index contributed by atoms with van der Waals surface area (Å²) in [4.78, 5) is 23.0. The zero-order chi connectivity index (χ0) is 23.9. The SMILES string of the molecule is Cc1ccc2nc([C@@H]3CC(NC(=O)Nc4ccc(C)c(C(F)(F)F)c4)CN3C(C)C)[nH]c2c1. The van der Waals surface area contributed by atoms with Crippen LogP contribution in [0.25, 0.3) is 11.0 Å². The van der Waals surface area contributed by atoms with Crippen molar-refractivity contribution in [2.45, 2.75) is 58.4 Å². The van der Waals surface area contributed by atoms with Crippen LogP contribution in [0.4, 0.5) is 23.7 Å². The van der Waals surface area contributed by atoms with Crippen molar-refractivity contribution in [2.75, 3.05) is 11.9 Å². The van der Waals surface area contributed by atoms with Crippen molar-refractivity contribution in [1.82, 2.24) is 20.2 Å². The number of aromatic nitrogens is 2. The quantitative estimate of drug-likeness (QED) is 0.479. The zero-order valence-corrected chi connectivity index (χ0v) is 19.0. The van der Waals surface area contributed by atoms with Crippen LogP contribution in [0.1, 0.15) is 48.8 Å². The lowest BCUT2D eigenvalue weighted by Crippen LogP contribution is -2.40. The summed E-state index contributed by atoms with van der Waals surface area (Å²) < 4.78 is 39.5. The molecule has 3 N–H and O–H groups in total. The van der Waals surface area contributed by atoms with E-state index in [0.717, 1.165) is 28.5 Å². The molecule has 2 amide bonds. The molecule has 1 unspecified atom stereocenters. The minimum atomic E-state index is -4.47. The third kappa shape index (κ3) is 4.98. The van der Waals surface area contributed by atoms with Crippen LogP contribution in [0, 0.1) is 13.8 Å². The molecule has 3 aromatic rings. The van der Waals surface area contributed by atoms with Gasteiger partial charge in [-0.05, 0) is 69.5 Å². The number of alkyl halides is 3. The summed E-state index contributed by atoms with van der Waals surface area (Å²) >= 11 is 0. The summed E-state index contributed by atoms with van der Waals surface area (Å²) in [5.41, 5.74) is 2.48. The molecule has 0 bridgehead atoms. The number of benzene rings is 2. The summed E-state index contributed by atoms with van der Waals surface area (Å²) in [5.74, 6) is 0.849. The number of anilines is 1. The summed E-state index contributed by atoms with van der Waals surface area (Å²) in [7, 11) is 0. The van der Waals surface area contributed by atoms with Crippen molar-refractivity contribution in [2.24, 2.45) is 0 Å². The highest BCUT2D eigenvalue weighted by Crippen LogP contribution is 2.35. The molecule has 1 fully saturated rings. The van der Waals surface area contributed by atoms with Gasteiger partial charge in [0.25, 0.3) is 0 Å². The van der Waals surface area contributed by atoms with Gasteiger partial charge in [-0.25, -0.2) is 9.78 Å². The van der Waals surface area contributed by atoms with Gasteiger partial charge in [-0.15, -0.1) is 0 Å². The molecule has 9 heteroatoms. The molecule has 0 spiro atoms. The molecule has 6 nitrogen and oxygen atoms in total. The molecule has 1 saturated heterocycles. The summed E-state index contributed by atoms with van der Waals surface area (Å²) in [6, 6.07) is 9.38. The maximum atomic E-state index is 13.2. The van der Waals surface area contributed by atoms with E-state index in [4.69, 9.17) is 4.98 Å². The van der Waals surface area contributed by atoms with E-state index in [1.807, 2.05) is 19.1 Å². The Kier molecular flexibility index (Phi) is 6.09. The molecule has 1 aliphatic rings. The van der Waals surface area contributed by atoms with Crippen LogP contribution < -0.4 is 10.6 Å². The number of halogens is 3. The Hall–Kier alpha value is -3.07. The summed E-state index contributed by atoms with van der Waals surface area (Å²) in [6.45, 7) is 8.22. The molecular weight excluding hydrogens is 431 g/mol. The second kappa shape index (κ2) is 8.70. The van der Waals surface area contributed by atoms with Crippen LogP contribution in [0.15, 0.2) is 36.4 Å². The standard InChI is InChI=1S/C24H28F3N5O/c1-13(2)32-12-17(11-21(32)22-30-19-8-5-14(3)9-20(19)31-22)29-23(33)28-16-7-6-15(4)18(10-16)24(25,26)27/h5-10,13,17,21H,11-12H2,1-4H3,(H,30,31)(H2,28,29,33)/t17?,21-/m0/s1. The highest BCUT2D eigenvalue weighted by atomic mass is 19.4. The number of nitrogens with zero attached hydrogens (tertiary/aromatic N) is 2. The third-order valence-electron chi connectivity index (χ3n) is 6.11. The lowest BCUT2D eigenvalue weighted by molar-refractivity contribution is -0.138. The molecule has 0 saturated carbocycles. The number of aromatic amines is 1. The minimum absolute atomic E-state index is 0.000729. The average Bonchev–Trinajstić information content (AvgIpc) is 3.32. The van der Waals surface area contributed by atoms with Crippen molar-refractivity contribution >= 4 is 22.8 Å². The van der Waals surface area contributed by atoms with Gasteiger partial charge in [0.05, 0.1) is 22.6 Å². The molecule has 1 aromatic heterocycles.